The molecule has 0 atom stereocenters. The van der Waals surface area contributed by atoms with Crippen LogP contribution in [-0.2, 0) is 13.1 Å². The van der Waals surface area contributed by atoms with Gasteiger partial charge in [-0.15, -0.1) is 24.0 Å². The zero-order chi connectivity index (χ0) is 16.7. The number of aliphatic imine (C=N–C) groups is 1. The van der Waals surface area contributed by atoms with Gasteiger partial charge in [-0.05, 0) is 37.5 Å². The van der Waals surface area contributed by atoms with Crippen molar-refractivity contribution in [2.24, 2.45) is 16.8 Å². The molecule has 1 aromatic heterocycles. The number of guanidine groups is 1. The minimum absolute atomic E-state index is 0. The molecule has 1 fully saturated rings. The highest BCUT2D eigenvalue weighted by Gasteiger charge is 2.20. The van der Waals surface area contributed by atoms with Crippen LogP contribution >= 0.6 is 24.0 Å². The van der Waals surface area contributed by atoms with E-state index < -0.39 is 0 Å². The zero-order valence-corrected chi connectivity index (χ0v) is 17.9. The van der Waals surface area contributed by atoms with Gasteiger partial charge in [0.25, 0.3) is 0 Å². The highest BCUT2D eigenvalue weighted by atomic mass is 127. The number of halogens is 1. The number of hydrogen-bond acceptors (Lipinski definition) is 2. The fraction of sp³-hybridized carbons (Fsp3) is 0.778. The van der Waals surface area contributed by atoms with Crippen LogP contribution in [0.1, 0.15) is 58.7 Å². The molecule has 0 radical (unpaired) electrons. The van der Waals surface area contributed by atoms with Gasteiger partial charge < -0.3 is 15.2 Å². The molecule has 2 rings (SSSR count). The number of nitrogens with one attached hydrogen (secondary N) is 2. The topological polar surface area (TPSA) is 54.2 Å². The molecule has 1 heterocycles. The lowest BCUT2D eigenvalue weighted by atomic mass is 9.84. The smallest absolute Gasteiger partial charge is 0.191 e. The van der Waals surface area contributed by atoms with E-state index in [-0.39, 0.29) is 24.0 Å². The molecule has 138 valence electrons. The van der Waals surface area contributed by atoms with E-state index in [4.69, 9.17) is 0 Å². The molecule has 1 saturated carbocycles. The normalized spacial score (nSPS) is 21.5. The van der Waals surface area contributed by atoms with Gasteiger partial charge in [0.2, 0.25) is 0 Å². The molecule has 0 spiro atoms. The van der Waals surface area contributed by atoms with Gasteiger partial charge in [-0.1, -0.05) is 27.2 Å². The van der Waals surface area contributed by atoms with Crippen LogP contribution in [0.15, 0.2) is 17.4 Å². The summed E-state index contributed by atoms with van der Waals surface area (Å²) in [6.07, 6.45) is 10.4. The third kappa shape index (κ3) is 6.61. The Hall–Kier alpha value is -0.790. The summed E-state index contributed by atoms with van der Waals surface area (Å²) in [4.78, 5) is 8.83. The molecule has 5 nitrogen and oxygen atoms in total. The molecule has 0 unspecified atom stereocenters. The maximum atomic E-state index is 4.46. The van der Waals surface area contributed by atoms with Gasteiger partial charge in [-0.25, -0.2) is 4.98 Å². The molecule has 0 aromatic carbocycles. The Labute approximate surface area is 164 Å². The Morgan fingerprint density at radius 2 is 2.04 bits per heavy atom. The van der Waals surface area contributed by atoms with Crippen molar-refractivity contribution in [1.82, 2.24) is 20.2 Å². The first kappa shape index (κ1) is 21.3. The Bertz CT molecular complexity index is 489. The van der Waals surface area contributed by atoms with Gasteiger partial charge in [0.15, 0.2) is 5.96 Å². The van der Waals surface area contributed by atoms with Crippen LogP contribution in [0.25, 0.3) is 0 Å². The average Bonchev–Trinajstić information content (AvgIpc) is 2.98. The lowest BCUT2D eigenvalue weighted by Crippen LogP contribution is -2.44. The van der Waals surface area contributed by atoms with Crippen molar-refractivity contribution in [3.63, 3.8) is 0 Å². The SMILES string of the molecule is CCC1CCC(NC(=NC)NCc2nccn2CC(C)C)CC1.I. The first-order chi connectivity index (χ1) is 11.1. The summed E-state index contributed by atoms with van der Waals surface area (Å²) >= 11 is 0. The maximum Gasteiger partial charge on any atom is 0.191 e. The van der Waals surface area contributed by atoms with E-state index in [1.54, 1.807) is 0 Å². The van der Waals surface area contributed by atoms with Gasteiger partial charge in [0.05, 0.1) is 6.54 Å². The number of hydrogen-bond donors (Lipinski definition) is 2. The second kappa shape index (κ2) is 10.9. The van der Waals surface area contributed by atoms with Crippen molar-refractivity contribution < 1.29 is 0 Å². The Kier molecular flexibility index (Phi) is 9.69. The predicted octanol–water partition coefficient (Wildman–Crippen LogP) is 3.79. The number of imidazole rings is 1. The van der Waals surface area contributed by atoms with E-state index in [1.165, 1.54) is 32.1 Å². The minimum atomic E-state index is 0. The Balaban J connectivity index is 0.00000288. The summed E-state index contributed by atoms with van der Waals surface area (Å²) in [6.45, 7) is 8.47. The number of rotatable bonds is 6. The summed E-state index contributed by atoms with van der Waals surface area (Å²) < 4.78 is 2.22. The maximum absolute atomic E-state index is 4.46. The quantitative estimate of drug-likeness (QED) is 0.397. The van der Waals surface area contributed by atoms with E-state index in [9.17, 15) is 0 Å². The molecule has 6 heteroatoms. The van der Waals surface area contributed by atoms with Crippen molar-refractivity contribution in [1.29, 1.82) is 0 Å². The standard InChI is InChI=1S/C18H33N5.HI/c1-5-15-6-8-16(9-7-15)22-18(19-4)21-12-17-20-10-11-23(17)13-14(2)3;/h10-11,14-16H,5-9,12-13H2,1-4H3,(H2,19,21,22);1H. The van der Waals surface area contributed by atoms with E-state index in [0.29, 0.717) is 18.5 Å². The van der Waals surface area contributed by atoms with Crippen molar-refractivity contribution >= 4 is 29.9 Å². The van der Waals surface area contributed by atoms with E-state index in [0.717, 1.165) is 24.2 Å². The van der Waals surface area contributed by atoms with Gasteiger partial charge in [0.1, 0.15) is 5.82 Å². The lowest BCUT2D eigenvalue weighted by molar-refractivity contribution is 0.304. The van der Waals surface area contributed by atoms with Gasteiger partial charge in [-0.2, -0.15) is 0 Å². The average molecular weight is 447 g/mol. The highest BCUT2D eigenvalue weighted by Crippen LogP contribution is 2.26. The first-order valence-corrected chi connectivity index (χ1v) is 9.09. The van der Waals surface area contributed by atoms with Crippen LogP contribution < -0.4 is 10.6 Å². The Morgan fingerprint density at radius 1 is 1.33 bits per heavy atom. The summed E-state index contributed by atoms with van der Waals surface area (Å²) in [5.74, 6) is 3.50. The molecule has 1 aliphatic carbocycles. The molecular formula is C18H34IN5. The fourth-order valence-electron chi connectivity index (χ4n) is 3.33. The van der Waals surface area contributed by atoms with Crippen LogP contribution in [0.5, 0.6) is 0 Å². The monoisotopic (exact) mass is 447 g/mol. The number of nitrogens with zero attached hydrogens (tertiary/aromatic N) is 3. The van der Waals surface area contributed by atoms with Crippen LogP contribution in [-0.4, -0.2) is 28.6 Å². The largest absolute Gasteiger partial charge is 0.354 e. The second-order valence-corrected chi connectivity index (χ2v) is 7.09. The summed E-state index contributed by atoms with van der Waals surface area (Å²) in [6, 6.07) is 0.555. The van der Waals surface area contributed by atoms with E-state index in [1.807, 2.05) is 13.2 Å². The van der Waals surface area contributed by atoms with Crippen molar-refractivity contribution in [3.8, 4) is 0 Å². The third-order valence-corrected chi connectivity index (χ3v) is 4.77. The number of aromatic nitrogens is 2. The summed E-state index contributed by atoms with van der Waals surface area (Å²) in [7, 11) is 1.84. The van der Waals surface area contributed by atoms with Crippen molar-refractivity contribution in [2.45, 2.75) is 72.0 Å². The molecule has 1 aliphatic rings. The van der Waals surface area contributed by atoms with Crippen molar-refractivity contribution in [3.05, 3.63) is 18.2 Å². The zero-order valence-electron chi connectivity index (χ0n) is 15.6. The van der Waals surface area contributed by atoms with Crippen LogP contribution in [0, 0.1) is 11.8 Å². The molecule has 0 amide bonds. The summed E-state index contributed by atoms with van der Waals surface area (Å²) in [5, 5.41) is 6.99. The first-order valence-electron chi connectivity index (χ1n) is 9.09. The molecule has 24 heavy (non-hydrogen) atoms. The molecule has 2 N–H and O–H groups in total. The predicted molar refractivity (Wildman–Crippen MR) is 112 cm³/mol. The van der Waals surface area contributed by atoms with Crippen LogP contribution in [0.4, 0.5) is 0 Å². The fourth-order valence-corrected chi connectivity index (χ4v) is 3.33. The van der Waals surface area contributed by atoms with Crippen LogP contribution in [0.2, 0.25) is 0 Å². The highest BCUT2D eigenvalue weighted by molar-refractivity contribution is 14.0. The van der Waals surface area contributed by atoms with E-state index >= 15 is 0 Å². The molecule has 0 bridgehead atoms. The Morgan fingerprint density at radius 3 is 2.62 bits per heavy atom. The van der Waals surface area contributed by atoms with Crippen molar-refractivity contribution in [2.75, 3.05) is 7.05 Å². The molecule has 1 aromatic rings. The summed E-state index contributed by atoms with van der Waals surface area (Å²) in [5.41, 5.74) is 0. The minimum Gasteiger partial charge on any atom is -0.354 e. The van der Waals surface area contributed by atoms with Gasteiger partial charge in [-0.3, -0.25) is 4.99 Å². The van der Waals surface area contributed by atoms with E-state index in [2.05, 4.69) is 52.1 Å². The molecule has 0 saturated heterocycles. The lowest BCUT2D eigenvalue weighted by Gasteiger charge is -2.29. The molecule has 0 aliphatic heterocycles. The second-order valence-electron chi connectivity index (χ2n) is 7.09. The van der Waals surface area contributed by atoms with Gasteiger partial charge >= 0.3 is 0 Å². The van der Waals surface area contributed by atoms with Gasteiger partial charge in [0, 0.05) is 32.0 Å². The molecular weight excluding hydrogens is 413 g/mol. The van der Waals surface area contributed by atoms with Crippen LogP contribution in [0.3, 0.4) is 0 Å². The third-order valence-electron chi connectivity index (χ3n) is 4.77.